The molecule has 2 heterocycles. The van der Waals surface area contributed by atoms with Crippen molar-refractivity contribution in [3.05, 3.63) is 23.2 Å². The maximum atomic E-state index is 5.65. The van der Waals surface area contributed by atoms with E-state index in [1.54, 1.807) is 0 Å². The molecule has 88 valence electrons. The lowest BCUT2D eigenvalue weighted by atomic mass is 10.2. The Balaban J connectivity index is 1.84. The van der Waals surface area contributed by atoms with Crippen LogP contribution in [0.4, 0.5) is 0 Å². The van der Waals surface area contributed by atoms with Crippen LogP contribution in [0.3, 0.4) is 0 Å². The van der Waals surface area contributed by atoms with Gasteiger partial charge in [0.15, 0.2) is 0 Å². The summed E-state index contributed by atoms with van der Waals surface area (Å²) in [6, 6.07) is 0. The highest BCUT2D eigenvalue weighted by Crippen LogP contribution is 2.08. The standard InChI is InChI=1S/C11H17ClN4/c1-2-15-3-5-16(6-4-15)9-10-7-13-11(12)14-8-10/h7-8H,2-6,9H2,1H3. The lowest BCUT2D eigenvalue weighted by Crippen LogP contribution is -2.45. The van der Waals surface area contributed by atoms with E-state index in [1.807, 2.05) is 12.4 Å². The topological polar surface area (TPSA) is 32.3 Å². The Kier molecular flexibility index (Phi) is 4.09. The molecule has 1 aliphatic heterocycles. The molecule has 1 aromatic rings. The fourth-order valence-electron chi connectivity index (χ4n) is 1.94. The Hall–Kier alpha value is -0.710. The summed E-state index contributed by atoms with van der Waals surface area (Å²) in [6.07, 6.45) is 3.61. The minimum absolute atomic E-state index is 0.319. The average molecular weight is 241 g/mol. The lowest BCUT2D eigenvalue weighted by Gasteiger charge is -2.33. The second-order valence-electron chi connectivity index (χ2n) is 4.07. The largest absolute Gasteiger partial charge is 0.301 e. The Morgan fingerprint density at radius 1 is 1.12 bits per heavy atom. The minimum atomic E-state index is 0.319. The number of piperazine rings is 1. The molecular weight excluding hydrogens is 224 g/mol. The third-order valence-corrected chi connectivity index (χ3v) is 3.19. The summed E-state index contributed by atoms with van der Waals surface area (Å²) >= 11 is 5.65. The van der Waals surface area contributed by atoms with Gasteiger partial charge in [-0.2, -0.15) is 0 Å². The molecule has 0 aromatic carbocycles. The predicted molar refractivity (Wildman–Crippen MR) is 64.4 cm³/mol. The Morgan fingerprint density at radius 3 is 2.25 bits per heavy atom. The first kappa shape index (κ1) is 11.8. The maximum absolute atomic E-state index is 5.65. The van der Waals surface area contributed by atoms with E-state index in [4.69, 9.17) is 11.6 Å². The van der Waals surface area contributed by atoms with E-state index in [1.165, 1.54) is 0 Å². The van der Waals surface area contributed by atoms with Crippen molar-refractivity contribution in [1.29, 1.82) is 0 Å². The van der Waals surface area contributed by atoms with Gasteiger partial charge in [0.2, 0.25) is 5.28 Å². The molecule has 0 N–H and O–H groups in total. The molecule has 0 bridgehead atoms. The molecule has 1 saturated heterocycles. The van der Waals surface area contributed by atoms with Crippen molar-refractivity contribution in [3.63, 3.8) is 0 Å². The molecule has 1 fully saturated rings. The smallest absolute Gasteiger partial charge is 0.222 e. The van der Waals surface area contributed by atoms with Crippen LogP contribution in [-0.2, 0) is 6.54 Å². The summed E-state index contributed by atoms with van der Waals surface area (Å²) in [5.74, 6) is 0. The number of halogens is 1. The van der Waals surface area contributed by atoms with Crippen molar-refractivity contribution < 1.29 is 0 Å². The van der Waals surface area contributed by atoms with Crippen molar-refractivity contribution in [2.45, 2.75) is 13.5 Å². The molecule has 1 aliphatic rings. The van der Waals surface area contributed by atoms with Crippen LogP contribution in [0.25, 0.3) is 0 Å². The zero-order valence-electron chi connectivity index (χ0n) is 9.56. The van der Waals surface area contributed by atoms with Crippen molar-refractivity contribution in [2.75, 3.05) is 32.7 Å². The predicted octanol–water partition coefficient (Wildman–Crippen LogP) is 1.27. The van der Waals surface area contributed by atoms with Crippen LogP contribution in [0.15, 0.2) is 12.4 Å². The zero-order valence-corrected chi connectivity index (χ0v) is 10.3. The average Bonchev–Trinajstić information content (AvgIpc) is 2.33. The first-order chi connectivity index (χ1) is 7.78. The van der Waals surface area contributed by atoms with Gasteiger partial charge in [-0.25, -0.2) is 9.97 Å². The quantitative estimate of drug-likeness (QED) is 0.745. The molecule has 0 unspecified atom stereocenters. The third-order valence-electron chi connectivity index (χ3n) is 2.99. The van der Waals surface area contributed by atoms with Crippen LogP contribution in [0.5, 0.6) is 0 Å². The summed E-state index contributed by atoms with van der Waals surface area (Å²) in [5.41, 5.74) is 1.13. The maximum Gasteiger partial charge on any atom is 0.222 e. The molecule has 2 rings (SSSR count). The molecule has 0 spiro atoms. The van der Waals surface area contributed by atoms with Crippen LogP contribution < -0.4 is 0 Å². The molecule has 0 saturated carbocycles. The van der Waals surface area contributed by atoms with Crippen LogP contribution >= 0.6 is 11.6 Å². The third kappa shape index (κ3) is 3.14. The highest BCUT2D eigenvalue weighted by molar-refractivity contribution is 6.28. The molecular formula is C11H17ClN4. The summed E-state index contributed by atoms with van der Waals surface area (Å²) < 4.78 is 0. The Labute approximate surface area is 101 Å². The molecule has 0 radical (unpaired) electrons. The van der Waals surface area contributed by atoms with Gasteiger partial charge in [-0.05, 0) is 18.1 Å². The normalized spacial score (nSPS) is 18.9. The first-order valence-corrected chi connectivity index (χ1v) is 6.07. The lowest BCUT2D eigenvalue weighted by molar-refractivity contribution is 0.131. The van der Waals surface area contributed by atoms with Crippen LogP contribution in [0, 0.1) is 0 Å². The SMILES string of the molecule is CCN1CCN(Cc2cnc(Cl)nc2)CC1. The van der Waals surface area contributed by atoms with Gasteiger partial charge in [0, 0.05) is 50.7 Å². The van der Waals surface area contributed by atoms with Gasteiger partial charge >= 0.3 is 0 Å². The summed E-state index contributed by atoms with van der Waals surface area (Å²) in [6.45, 7) is 8.85. The van der Waals surface area contributed by atoms with E-state index >= 15 is 0 Å². The van der Waals surface area contributed by atoms with Crippen molar-refractivity contribution in [3.8, 4) is 0 Å². The van der Waals surface area contributed by atoms with Gasteiger partial charge in [0.05, 0.1) is 0 Å². The van der Waals surface area contributed by atoms with Gasteiger partial charge < -0.3 is 4.90 Å². The number of aromatic nitrogens is 2. The van der Waals surface area contributed by atoms with Crippen LogP contribution in [-0.4, -0.2) is 52.5 Å². The number of hydrogen-bond donors (Lipinski definition) is 0. The molecule has 4 nitrogen and oxygen atoms in total. The van der Waals surface area contributed by atoms with Crippen molar-refractivity contribution in [1.82, 2.24) is 19.8 Å². The summed E-state index contributed by atoms with van der Waals surface area (Å²) in [7, 11) is 0. The van der Waals surface area contributed by atoms with Crippen LogP contribution in [0.2, 0.25) is 5.28 Å². The van der Waals surface area contributed by atoms with Crippen LogP contribution in [0.1, 0.15) is 12.5 Å². The second kappa shape index (κ2) is 5.57. The van der Waals surface area contributed by atoms with E-state index in [0.29, 0.717) is 5.28 Å². The highest BCUT2D eigenvalue weighted by Gasteiger charge is 2.15. The zero-order chi connectivity index (χ0) is 11.4. The van der Waals surface area contributed by atoms with E-state index in [0.717, 1.165) is 44.8 Å². The van der Waals surface area contributed by atoms with E-state index in [-0.39, 0.29) is 0 Å². The first-order valence-electron chi connectivity index (χ1n) is 5.69. The van der Waals surface area contributed by atoms with Gasteiger partial charge in [0.25, 0.3) is 0 Å². The van der Waals surface area contributed by atoms with Gasteiger partial charge in [-0.3, -0.25) is 4.90 Å². The fourth-order valence-corrected chi connectivity index (χ4v) is 2.04. The minimum Gasteiger partial charge on any atom is -0.301 e. The van der Waals surface area contributed by atoms with Gasteiger partial charge in [-0.1, -0.05) is 6.92 Å². The highest BCUT2D eigenvalue weighted by atomic mass is 35.5. The summed E-state index contributed by atoms with van der Waals surface area (Å²) in [4.78, 5) is 12.9. The number of hydrogen-bond acceptors (Lipinski definition) is 4. The van der Waals surface area contributed by atoms with Crippen molar-refractivity contribution >= 4 is 11.6 Å². The molecule has 16 heavy (non-hydrogen) atoms. The Bertz CT molecular complexity index is 319. The fraction of sp³-hybridized carbons (Fsp3) is 0.636. The van der Waals surface area contributed by atoms with Crippen molar-refractivity contribution in [2.24, 2.45) is 0 Å². The van der Waals surface area contributed by atoms with E-state index in [9.17, 15) is 0 Å². The molecule has 0 amide bonds. The van der Waals surface area contributed by atoms with E-state index in [2.05, 4.69) is 26.7 Å². The molecule has 1 aromatic heterocycles. The number of nitrogens with zero attached hydrogens (tertiary/aromatic N) is 4. The van der Waals surface area contributed by atoms with Gasteiger partial charge in [0.1, 0.15) is 0 Å². The monoisotopic (exact) mass is 240 g/mol. The molecule has 0 aliphatic carbocycles. The Morgan fingerprint density at radius 2 is 1.69 bits per heavy atom. The van der Waals surface area contributed by atoms with Gasteiger partial charge in [-0.15, -0.1) is 0 Å². The summed E-state index contributed by atoms with van der Waals surface area (Å²) in [5, 5.41) is 0.319. The number of likely N-dealkylation sites (N-methyl/N-ethyl adjacent to an activating group) is 1. The molecule has 0 atom stereocenters. The number of rotatable bonds is 3. The second-order valence-corrected chi connectivity index (χ2v) is 4.41. The van der Waals surface area contributed by atoms with E-state index < -0.39 is 0 Å². The molecule has 5 heteroatoms.